The first-order valence-electron chi connectivity index (χ1n) is 7.31. The molecular weight excluding hydrogens is 467 g/mol. The van der Waals surface area contributed by atoms with Crippen molar-refractivity contribution in [3.8, 4) is 11.5 Å². The van der Waals surface area contributed by atoms with E-state index < -0.39 is 0 Å². The first-order valence-corrected chi connectivity index (χ1v) is 9.57. The molecule has 0 radical (unpaired) electrons. The number of halogens is 6. The average Bonchev–Trinajstić information content (AvgIpc) is 2.54. The number of hydrogen-bond donors (Lipinski definition) is 0. The zero-order valence-corrected chi connectivity index (χ0v) is 17.9. The van der Waals surface area contributed by atoms with Crippen molar-refractivity contribution in [1.29, 1.82) is 0 Å². The zero-order chi connectivity index (χ0) is 19.4. The molecule has 10 heteroatoms. The molecule has 0 aliphatic rings. The molecule has 4 nitrogen and oxygen atoms in total. The van der Waals surface area contributed by atoms with E-state index >= 15 is 0 Å². The molecule has 0 atom stereocenters. The molecule has 0 unspecified atom stereocenters. The van der Waals surface area contributed by atoms with Gasteiger partial charge in [-0.05, 0) is 25.0 Å². The summed E-state index contributed by atoms with van der Waals surface area (Å²) < 4.78 is 11.3. The van der Waals surface area contributed by atoms with Crippen LogP contribution in [0.2, 0.25) is 10.0 Å². The smallest absolute Gasteiger partial charge is 0.156 e. The molecule has 0 fully saturated rings. The van der Waals surface area contributed by atoms with Gasteiger partial charge in [-0.2, -0.15) is 0 Å². The Morgan fingerprint density at radius 3 is 2.15 bits per heavy atom. The minimum atomic E-state index is 0.121. The first kappa shape index (κ1) is 23.5. The number of unbranched alkanes of at least 4 members (excludes halogenated alkanes) is 1. The SMILES string of the molecule is ClC(Cl)=CCON=CCCCOc1c(Cl)cc(OCC=C(Cl)Cl)cc1Cl. The summed E-state index contributed by atoms with van der Waals surface area (Å²) in [7, 11) is 0. The lowest BCUT2D eigenvalue weighted by atomic mass is 10.3. The fourth-order valence-corrected chi connectivity index (χ4v) is 2.38. The summed E-state index contributed by atoms with van der Waals surface area (Å²) in [5.41, 5.74) is 0. The highest BCUT2D eigenvalue weighted by atomic mass is 35.5. The predicted molar refractivity (Wildman–Crippen MR) is 111 cm³/mol. The van der Waals surface area contributed by atoms with Crippen LogP contribution < -0.4 is 9.47 Å². The molecule has 0 saturated carbocycles. The first-order chi connectivity index (χ1) is 12.4. The van der Waals surface area contributed by atoms with Crippen LogP contribution in [-0.4, -0.2) is 26.0 Å². The molecule has 0 aliphatic carbocycles. The van der Waals surface area contributed by atoms with Gasteiger partial charge in [0.05, 0.1) is 16.7 Å². The van der Waals surface area contributed by atoms with Crippen molar-refractivity contribution >= 4 is 75.8 Å². The summed E-state index contributed by atoms with van der Waals surface area (Å²) in [6.45, 7) is 0.815. The largest absolute Gasteiger partial charge is 0.490 e. The Hall–Kier alpha value is -0.490. The van der Waals surface area contributed by atoms with E-state index in [9.17, 15) is 0 Å². The van der Waals surface area contributed by atoms with Crippen molar-refractivity contribution < 1.29 is 14.3 Å². The van der Waals surface area contributed by atoms with E-state index in [2.05, 4.69) is 5.16 Å². The molecule has 0 heterocycles. The topological polar surface area (TPSA) is 40.0 Å². The molecule has 1 rings (SSSR count). The van der Waals surface area contributed by atoms with Gasteiger partial charge in [0.15, 0.2) is 5.75 Å². The minimum absolute atomic E-state index is 0.121. The van der Waals surface area contributed by atoms with Crippen molar-refractivity contribution in [2.45, 2.75) is 12.8 Å². The summed E-state index contributed by atoms with van der Waals surface area (Å²) in [4.78, 5) is 4.91. The van der Waals surface area contributed by atoms with E-state index in [1.807, 2.05) is 0 Å². The highest BCUT2D eigenvalue weighted by Crippen LogP contribution is 2.37. The van der Waals surface area contributed by atoms with E-state index in [0.29, 0.717) is 41.0 Å². The molecule has 0 aromatic heterocycles. The number of hydrogen-bond acceptors (Lipinski definition) is 4. The summed E-state index contributed by atoms with van der Waals surface area (Å²) >= 11 is 34.2. The fourth-order valence-electron chi connectivity index (χ4n) is 1.56. The molecule has 0 aliphatic heterocycles. The van der Waals surface area contributed by atoms with Gasteiger partial charge in [0.2, 0.25) is 0 Å². The van der Waals surface area contributed by atoms with E-state index in [4.69, 9.17) is 83.9 Å². The van der Waals surface area contributed by atoms with Crippen molar-refractivity contribution in [1.82, 2.24) is 0 Å². The highest BCUT2D eigenvalue weighted by Gasteiger charge is 2.10. The summed E-state index contributed by atoms with van der Waals surface area (Å²) in [6.07, 6.45) is 5.96. The second-order valence-electron chi connectivity index (χ2n) is 4.59. The second kappa shape index (κ2) is 13.6. The lowest BCUT2D eigenvalue weighted by Crippen LogP contribution is -2.00. The third-order valence-corrected chi connectivity index (χ3v) is 3.82. The van der Waals surface area contributed by atoms with Gasteiger partial charge in [-0.25, -0.2) is 0 Å². The number of ether oxygens (including phenoxy) is 2. The van der Waals surface area contributed by atoms with E-state index in [1.165, 1.54) is 12.2 Å². The monoisotopic (exact) mass is 479 g/mol. The maximum absolute atomic E-state index is 6.17. The zero-order valence-electron chi connectivity index (χ0n) is 13.4. The molecule has 0 N–H and O–H groups in total. The van der Waals surface area contributed by atoms with E-state index in [1.54, 1.807) is 18.3 Å². The molecule has 144 valence electrons. The Morgan fingerprint density at radius 1 is 0.923 bits per heavy atom. The Morgan fingerprint density at radius 2 is 1.54 bits per heavy atom. The quantitative estimate of drug-likeness (QED) is 0.191. The van der Waals surface area contributed by atoms with E-state index in [-0.39, 0.29) is 22.2 Å². The highest BCUT2D eigenvalue weighted by molar-refractivity contribution is 6.56. The number of benzene rings is 1. The minimum Gasteiger partial charge on any atom is -0.490 e. The molecule has 0 bridgehead atoms. The van der Waals surface area contributed by atoms with Crippen LogP contribution in [0.5, 0.6) is 11.5 Å². The van der Waals surface area contributed by atoms with Gasteiger partial charge >= 0.3 is 0 Å². The Balaban J connectivity index is 2.37. The van der Waals surface area contributed by atoms with Gasteiger partial charge < -0.3 is 14.3 Å². The van der Waals surface area contributed by atoms with Gasteiger partial charge in [-0.3, -0.25) is 0 Å². The van der Waals surface area contributed by atoms with Crippen LogP contribution in [0.15, 0.2) is 38.4 Å². The van der Waals surface area contributed by atoms with Crippen LogP contribution in [0.3, 0.4) is 0 Å². The van der Waals surface area contributed by atoms with Gasteiger partial charge in [0.1, 0.15) is 27.9 Å². The summed E-state index contributed by atoms with van der Waals surface area (Å²) in [5.74, 6) is 0.871. The van der Waals surface area contributed by atoms with E-state index in [0.717, 1.165) is 0 Å². The Bertz CT molecular complexity index is 632. The maximum atomic E-state index is 6.17. The number of rotatable bonds is 11. The van der Waals surface area contributed by atoms with Crippen molar-refractivity contribution in [3.05, 3.63) is 43.3 Å². The Kier molecular flexibility index (Phi) is 12.4. The van der Waals surface area contributed by atoms with Crippen molar-refractivity contribution in [2.24, 2.45) is 5.16 Å². The van der Waals surface area contributed by atoms with Crippen LogP contribution in [0.1, 0.15) is 12.8 Å². The maximum Gasteiger partial charge on any atom is 0.156 e. The molecule has 0 spiro atoms. The van der Waals surface area contributed by atoms with Crippen LogP contribution in [0, 0.1) is 0 Å². The lowest BCUT2D eigenvalue weighted by molar-refractivity contribution is 0.175. The second-order valence-corrected chi connectivity index (χ2v) is 7.42. The van der Waals surface area contributed by atoms with Gasteiger partial charge in [0, 0.05) is 18.3 Å². The molecule has 0 amide bonds. The van der Waals surface area contributed by atoms with Gasteiger partial charge in [0.25, 0.3) is 0 Å². The third-order valence-electron chi connectivity index (χ3n) is 2.64. The molecule has 1 aromatic rings. The lowest BCUT2D eigenvalue weighted by Gasteiger charge is -2.11. The predicted octanol–water partition coefficient (Wildman–Crippen LogP) is 7.17. The van der Waals surface area contributed by atoms with Crippen LogP contribution in [0.4, 0.5) is 0 Å². The normalized spacial score (nSPS) is 10.5. The van der Waals surface area contributed by atoms with Crippen LogP contribution >= 0.6 is 69.6 Å². The van der Waals surface area contributed by atoms with Gasteiger partial charge in [-0.15, -0.1) is 0 Å². The van der Waals surface area contributed by atoms with Gasteiger partial charge in [-0.1, -0.05) is 74.8 Å². The number of oxime groups is 1. The average molecular weight is 482 g/mol. The molecule has 1 aromatic carbocycles. The molecular formula is C16H15Cl6NO3. The van der Waals surface area contributed by atoms with Crippen LogP contribution in [0.25, 0.3) is 0 Å². The summed E-state index contributed by atoms with van der Waals surface area (Å²) in [5, 5.41) is 4.43. The number of nitrogens with zero attached hydrogens (tertiary/aromatic N) is 1. The Labute approximate surface area is 182 Å². The molecule has 26 heavy (non-hydrogen) atoms. The standard InChI is InChI=1S/C16H15Cl6NO3/c17-12-9-11(24-7-3-14(19)20)10-13(18)16(12)25-6-2-1-5-23-26-8-4-15(21)22/h3-5,9-10H,1-2,6-8H2. The van der Waals surface area contributed by atoms with Crippen LogP contribution in [-0.2, 0) is 4.84 Å². The third kappa shape index (κ3) is 10.6. The van der Waals surface area contributed by atoms with Crippen molar-refractivity contribution in [3.63, 3.8) is 0 Å². The van der Waals surface area contributed by atoms with Crippen molar-refractivity contribution in [2.75, 3.05) is 19.8 Å². The fraction of sp³-hybridized carbons (Fsp3) is 0.312. The summed E-state index contributed by atoms with van der Waals surface area (Å²) in [6, 6.07) is 3.20. The molecule has 0 saturated heterocycles.